The minimum Gasteiger partial charge on any atom is -0.491 e. The molecule has 1 aromatic rings. The number of ether oxygens (including phenoxy) is 5. The van der Waals surface area contributed by atoms with Crippen molar-refractivity contribution in [1.82, 2.24) is 0 Å². The summed E-state index contributed by atoms with van der Waals surface area (Å²) in [5, 5.41) is 0. The monoisotopic (exact) mass is 390 g/mol. The second-order valence-corrected chi connectivity index (χ2v) is 7.03. The number of hydrogen-bond acceptors (Lipinski definition) is 7. The summed E-state index contributed by atoms with van der Waals surface area (Å²) in [7, 11) is 0. The zero-order chi connectivity index (χ0) is 19.8. The van der Waals surface area contributed by atoms with Crippen LogP contribution < -0.4 is 10.5 Å². The fourth-order valence-electron chi connectivity index (χ4n) is 3.06. The summed E-state index contributed by atoms with van der Waals surface area (Å²) in [6.45, 7) is 7.97. The molecular formula is C21H30N2O5. The largest absolute Gasteiger partial charge is 0.491 e. The third kappa shape index (κ3) is 6.22. The zero-order valence-electron chi connectivity index (χ0n) is 16.7. The Morgan fingerprint density at radius 1 is 1.32 bits per heavy atom. The Hall–Kier alpha value is -2.09. The number of fused-ring (bicyclic) bond motifs is 1. The molecule has 0 saturated carbocycles. The molecule has 154 valence electrons. The number of benzene rings is 1. The van der Waals surface area contributed by atoms with E-state index in [-0.39, 0.29) is 12.2 Å². The Labute approximate surface area is 166 Å². The van der Waals surface area contributed by atoms with Crippen molar-refractivity contribution in [1.29, 1.82) is 0 Å². The highest BCUT2D eigenvalue weighted by atomic mass is 16.6. The van der Waals surface area contributed by atoms with E-state index in [0.717, 1.165) is 23.4 Å². The van der Waals surface area contributed by atoms with Crippen LogP contribution in [0, 0.1) is 0 Å². The second kappa shape index (κ2) is 10.5. The van der Waals surface area contributed by atoms with Crippen molar-refractivity contribution >= 4 is 5.71 Å². The first kappa shape index (κ1) is 20.6. The molecule has 7 heteroatoms. The predicted octanol–water partition coefficient (Wildman–Crippen LogP) is 2.07. The minimum atomic E-state index is -0.0827. The second-order valence-electron chi connectivity index (χ2n) is 7.03. The van der Waals surface area contributed by atoms with E-state index in [1.54, 1.807) is 6.08 Å². The van der Waals surface area contributed by atoms with Gasteiger partial charge in [0.2, 0.25) is 0 Å². The zero-order valence-corrected chi connectivity index (χ0v) is 16.7. The number of allylic oxidation sites excluding steroid dienone is 1. The molecule has 2 aliphatic heterocycles. The highest BCUT2D eigenvalue weighted by Gasteiger charge is 2.17. The Balaban J connectivity index is 1.56. The molecule has 1 aromatic carbocycles. The molecule has 0 unspecified atom stereocenters. The average Bonchev–Trinajstić information content (AvgIpc) is 2.70. The lowest BCUT2D eigenvalue weighted by molar-refractivity contribution is -0.108. The van der Waals surface area contributed by atoms with Gasteiger partial charge in [-0.25, -0.2) is 0 Å². The van der Waals surface area contributed by atoms with Gasteiger partial charge in [0, 0.05) is 18.2 Å². The van der Waals surface area contributed by atoms with Crippen LogP contribution in [-0.2, 0) is 25.4 Å². The maximum absolute atomic E-state index is 6.04. The number of aliphatic imine (C=N–C) groups is 1. The lowest BCUT2D eigenvalue weighted by atomic mass is 9.97. The van der Waals surface area contributed by atoms with Crippen molar-refractivity contribution in [2.75, 3.05) is 46.2 Å². The van der Waals surface area contributed by atoms with Crippen LogP contribution in [0.15, 0.2) is 35.2 Å². The molecule has 0 amide bonds. The van der Waals surface area contributed by atoms with Gasteiger partial charge in [-0.05, 0) is 44.0 Å². The lowest BCUT2D eigenvalue weighted by Crippen LogP contribution is -2.32. The summed E-state index contributed by atoms with van der Waals surface area (Å²) in [4.78, 5) is 4.59. The SMILES string of the molecule is CC(C)OCCOc1ccc2c(c1)CCN=C2C=C(N)OC[C@H]1COCCO1. The molecule has 7 nitrogen and oxygen atoms in total. The molecule has 0 aromatic heterocycles. The topological polar surface area (TPSA) is 84.5 Å². The molecule has 3 rings (SSSR count). The van der Waals surface area contributed by atoms with Gasteiger partial charge in [-0.3, -0.25) is 4.99 Å². The van der Waals surface area contributed by atoms with E-state index in [1.165, 1.54) is 5.56 Å². The quantitative estimate of drug-likeness (QED) is 0.513. The van der Waals surface area contributed by atoms with E-state index in [1.807, 2.05) is 26.0 Å². The molecule has 0 spiro atoms. The maximum atomic E-state index is 6.04. The standard InChI is InChI=1S/C21H30N2O5/c1-15(2)25-9-10-26-17-3-4-19-16(11-17)5-6-23-20(19)12-21(22)28-14-18-13-24-7-8-27-18/h3-4,11-12,15,18H,5-10,13-14,22H2,1-2H3/t18-/m1/s1. The first-order valence-corrected chi connectivity index (χ1v) is 9.83. The highest BCUT2D eigenvalue weighted by Crippen LogP contribution is 2.23. The average molecular weight is 390 g/mol. The summed E-state index contributed by atoms with van der Waals surface area (Å²) in [5.41, 5.74) is 9.12. The first-order chi connectivity index (χ1) is 13.6. The summed E-state index contributed by atoms with van der Waals surface area (Å²) < 4.78 is 27.8. The normalized spacial score (nSPS) is 19.9. The summed E-state index contributed by atoms with van der Waals surface area (Å²) in [5.74, 6) is 1.17. The van der Waals surface area contributed by atoms with Gasteiger partial charge in [0.15, 0.2) is 5.88 Å². The van der Waals surface area contributed by atoms with Crippen molar-refractivity contribution in [3.05, 3.63) is 41.3 Å². The minimum absolute atomic E-state index is 0.0827. The third-order valence-corrected chi connectivity index (χ3v) is 4.42. The Kier molecular flexibility index (Phi) is 7.71. The maximum Gasteiger partial charge on any atom is 0.186 e. The molecule has 2 heterocycles. The Bertz CT molecular complexity index is 696. The van der Waals surface area contributed by atoms with Crippen molar-refractivity contribution in [3.8, 4) is 5.75 Å². The molecule has 28 heavy (non-hydrogen) atoms. The Morgan fingerprint density at radius 2 is 2.21 bits per heavy atom. The summed E-state index contributed by atoms with van der Waals surface area (Å²) in [6, 6.07) is 6.04. The Morgan fingerprint density at radius 3 is 3.00 bits per heavy atom. The van der Waals surface area contributed by atoms with Crippen molar-refractivity contribution in [2.24, 2.45) is 10.7 Å². The van der Waals surface area contributed by atoms with Crippen LogP contribution in [0.2, 0.25) is 0 Å². The van der Waals surface area contributed by atoms with Crippen molar-refractivity contribution in [3.63, 3.8) is 0 Å². The first-order valence-electron chi connectivity index (χ1n) is 9.83. The molecule has 0 aliphatic carbocycles. The smallest absolute Gasteiger partial charge is 0.186 e. The molecule has 2 aliphatic rings. The van der Waals surface area contributed by atoms with Crippen LogP contribution in [0.3, 0.4) is 0 Å². The van der Waals surface area contributed by atoms with Crippen molar-refractivity contribution < 1.29 is 23.7 Å². The number of nitrogens with two attached hydrogens (primary N) is 1. The van der Waals surface area contributed by atoms with Gasteiger partial charge in [-0.1, -0.05) is 0 Å². The van der Waals surface area contributed by atoms with Crippen LogP contribution >= 0.6 is 0 Å². The third-order valence-electron chi connectivity index (χ3n) is 4.42. The van der Waals surface area contributed by atoms with Crippen molar-refractivity contribution in [2.45, 2.75) is 32.5 Å². The number of nitrogens with zero attached hydrogens (tertiary/aromatic N) is 1. The molecule has 2 N–H and O–H groups in total. The van der Waals surface area contributed by atoms with E-state index in [9.17, 15) is 0 Å². The molecule has 1 fully saturated rings. The van der Waals surface area contributed by atoms with Crippen LogP contribution in [0.25, 0.3) is 0 Å². The predicted molar refractivity (Wildman–Crippen MR) is 107 cm³/mol. The van der Waals surface area contributed by atoms with E-state index in [2.05, 4.69) is 11.1 Å². The van der Waals surface area contributed by atoms with Gasteiger partial charge in [0.05, 0.1) is 38.2 Å². The molecular weight excluding hydrogens is 360 g/mol. The fourth-order valence-corrected chi connectivity index (χ4v) is 3.06. The molecule has 0 bridgehead atoms. The fraction of sp³-hybridized carbons (Fsp3) is 0.571. The number of rotatable bonds is 9. The van der Waals surface area contributed by atoms with Gasteiger partial charge < -0.3 is 29.4 Å². The summed E-state index contributed by atoms with van der Waals surface area (Å²) in [6.07, 6.45) is 2.78. The van der Waals surface area contributed by atoms with Gasteiger partial charge in [0.1, 0.15) is 25.1 Å². The number of hydrogen-bond donors (Lipinski definition) is 1. The van der Waals surface area contributed by atoms with Gasteiger partial charge in [-0.2, -0.15) is 0 Å². The van der Waals surface area contributed by atoms with Gasteiger partial charge in [-0.15, -0.1) is 0 Å². The van der Waals surface area contributed by atoms with Crippen LogP contribution in [0.1, 0.15) is 25.0 Å². The van der Waals surface area contributed by atoms with Gasteiger partial charge in [0.25, 0.3) is 0 Å². The van der Waals surface area contributed by atoms with Gasteiger partial charge >= 0.3 is 0 Å². The van der Waals surface area contributed by atoms with Crippen LogP contribution in [-0.4, -0.2) is 64.1 Å². The molecule has 1 atom stereocenters. The van der Waals surface area contributed by atoms with E-state index < -0.39 is 0 Å². The van der Waals surface area contributed by atoms with E-state index in [4.69, 9.17) is 29.4 Å². The van der Waals surface area contributed by atoms with Crippen LogP contribution in [0.4, 0.5) is 0 Å². The van der Waals surface area contributed by atoms with E-state index in [0.29, 0.717) is 52.1 Å². The molecule has 0 radical (unpaired) electrons. The highest BCUT2D eigenvalue weighted by molar-refractivity contribution is 6.10. The molecule has 1 saturated heterocycles. The lowest BCUT2D eigenvalue weighted by Gasteiger charge is -2.23. The van der Waals surface area contributed by atoms with E-state index >= 15 is 0 Å². The summed E-state index contributed by atoms with van der Waals surface area (Å²) >= 11 is 0. The van der Waals surface area contributed by atoms with Crippen LogP contribution in [0.5, 0.6) is 5.75 Å².